The second kappa shape index (κ2) is 9.40. The smallest absolute Gasteiger partial charge is 0.263 e. The highest BCUT2D eigenvalue weighted by molar-refractivity contribution is 7.99. The van der Waals surface area contributed by atoms with Crippen molar-refractivity contribution in [2.45, 2.75) is 38.4 Å². The van der Waals surface area contributed by atoms with E-state index in [9.17, 15) is 9.59 Å². The van der Waals surface area contributed by atoms with Crippen LogP contribution in [0.3, 0.4) is 0 Å². The molecule has 2 aromatic carbocycles. The molecule has 0 aliphatic heterocycles. The highest BCUT2D eigenvalue weighted by Gasteiger charge is 2.17. The standard InChI is InChI=1S/C24H25N5O2S/c1-4-14-28-22(31)18-12-7-8-13-19(18)29-23(28)26-27-24(29)32-15-20(30)25-21-16(5-2)10-9-11-17(21)6-3/h4,7-13H,1,5-6,14-15H2,2-3H3,(H,25,30). The summed E-state index contributed by atoms with van der Waals surface area (Å²) in [5.41, 5.74) is 3.72. The van der Waals surface area contributed by atoms with Crippen molar-refractivity contribution >= 4 is 40.0 Å². The molecule has 0 radical (unpaired) electrons. The van der Waals surface area contributed by atoms with E-state index < -0.39 is 0 Å². The highest BCUT2D eigenvalue weighted by Crippen LogP contribution is 2.25. The highest BCUT2D eigenvalue weighted by atomic mass is 32.2. The molecule has 0 bridgehead atoms. The Hall–Kier alpha value is -3.39. The van der Waals surface area contributed by atoms with Gasteiger partial charge in [0.05, 0.1) is 16.7 Å². The molecule has 1 N–H and O–H groups in total. The average molecular weight is 448 g/mol. The Bertz CT molecular complexity index is 1350. The minimum atomic E-state index is -0.141. The van der Waals surface area contributed by atoms with Gasteiger partial charge in [0.1, 0.15) is 0 Å². The molecule has 7 nitrogen and oxygen atoms in total. The van der Waals surface area contributed by atoms with Gasteiger partial charge in [0, 0.05) is 12.2 Å². The van der Waals surface area contributed by atoms with Crippen molar-refractivity contribution in [2.24, 2.45) is 0 Å². The lowest BCUT2D eigenvalue weighted by atomic mass is 10.0. The first-order valence-corrected chi connectivity index (χ1v) is 11.6. The third kappa shape index (κ3) is 3.93. The van der Waals surface area contributed by atoms with Crippen molar-refractivity contribution in [1.82, 2.24) is 19.2 Å². The lowest BCUT2D eigenvalue weighted by Gasteiger charge is -2.14. The zero-order valence-corrected chi connectivity index (χ0v) is 19.0. The first kappa shape index (κ1) is 21.8. The summed E-state index contributed by atoms with van der Waals surface area (Å²) in [6, 6.07) is 13.4. The lowest BCUT2D eigenvalue weighted by molar-refractivity contribution is -0.113. The Morgan fingerprint density at radius 3 is 2.50 bits per heavy atom. The van der Waals surface area contributed by atoms with Crippen LogP contribution in [0, 0.1) is 0 Å². The van der Waals surface area contributed by atoms with Gasteiger partial charge < -0.3 is 5.32 Å². The van der Waals surface area contributed by atoms with Crippen LogP contribution < -0.4 is 10.9 Å². The van der Waals surface area contributed by atoms with E-state index in [4.69, 9.17) is 0 Å². The first-order valence-electron chi connectivity index (χ1n) is 10.6. The van der Waals surface area contributed by atoms with Crippen LogP contribution in [-0.2, 0) is 24.2 Å². The molecule has 32 heavy (non-hydrogen) atoms. The molecule has 8 heteroatoms. The molecule has 1 amide bonds. The molecule has 2 aromatic heterocycles. The maximum Gasteiger partial charge on any atom is 0.263 e. The molecule has 0 saturated carbocycles. The van der Waals surface area contributed by atoms with Gasteiger partial charge in [-0.25, -0.2) is 0 Å². The maximum atomic E-state index is 12.9. The van der Waals surface area contributed by atoms with E-state index in [1.54, 1.807) is 12.1 Å². The van der Waals surface area contributed by atoms with Crippen molar-refractivity contribution in [3.05, 3.63) is 76.6 Å². The summed E-state index contributed by atoms with van der Waals surface area (Å²) >= 11 is 1.29. The number of hydrogen-bond acceptors (Lipinski definition) is 5. The summed E-state index contributed by atoms with van der Waals surface area (Å²) < 4.78 is 3.37. The molecule has 0 spiro atoms. The quantitative estimate of drug-likeness (QED) is 0.325. The van der Waals surface area contributed by atoms with Crippen LogP contribution >= 0.6 is 11.8 Å². The number of amides is 1. The number of para-hydroxylation sites is 2. The number of anilines is 1. The van der Waals surface area contributed by atoms with Crippen molar-refractivity contribution in [3.8, 4) is 0 Å². The van der Waals surface area contributed by atoms with Gasteiger partial charge >= 0.3 is 0 Å². The number of fused-ring (bicyclic) bond motifs is 3. The second-order valence-corrected chi connectivity index (χ2v) is 8.28. The van der Waals surface area contributed by atoms with Gasteiger partial charge in [-0.2, -0.15) is 0 Å². The molecule has 0 saturated heterocycles. The van der Waals surface area contributed by atoms with Crippen molar-refractivity contribution < 1.29 is 4.79 Å². The van der Waals surface area contributed by atoms with Gasteiger partial charge in [-0.15, -0.1) is 16.8 Å². The fourth-order valence-corrected chi connectivity index (χ4v) is 4.57. The Morgan fingerprint density at radius 1 is 1.09 bits per heavy atom. The van der Waals surface area contributed by atoms with Crippen molar-refractivity contribution in [1.29, 1.82) is 0 Å². The summed E-state index contributed by atoms with van der Waals surface area (Å²) in [6.45, 7) is 8.22. The van der Waals surface area contributed by atoms with Crippen LogP contribution in [0.25, 0.3) is 16.7 Å². The van der Waals surface area contributed by atoms with E-state index in [0.717, 1.165) is 29.7 Å². The van der Waals surface area contributed by atoms with Crippen LogP contribution in [0.15, 0.2) is 65.1 Å². The number of thioether (sulfide) groups is 1. The minimum absolute atomic E-state index is 0.105. The molecule has 0 atom stereocenters. The number of nitrogens with zero attached hydrogens (tertiary/aromatic N) is 4. The topological polar surface area (TPSA) is 81.3 Å². The number of nitrogens with one attached hydrogen (secondary N) is 1. The number of allylic oxidation sites excluding steroid dienone is 1. The number of hydrogen-bond donors (Lipinski definition) is 1. The van der Waals surface area contributed by atoms with Crippen LogP contribution in [0.2, 0.25) is 0 Å². The molecule has 164 valence electrons. The maximum absolute atomic E-state index is 12.9. The fourth-order valence-electron chi connectivity index (χ4n) is 3.83. The molecular formula is C24H25N5O2S. The van der Waals surface area contributed by atoms with Crippen LogP contribution in [0.4, 0.5) is 5.69 Å². The van der Waals surface area contributed by atoms with E-state index in [1.165, 1.54) is 16.3 Å². The SMILES string of the molecule is C=CCn1c(=O)c2ccccc2n2c(SCC(=O)Nc3c(CC)cccc3CC)nnc12. The number of aromatic nitrogens is 4. The van der Waals surface area contributed by atoms with Gasteiger partial charge in [0.15, 0.2) is 5.16 Å². The van der Waals surface area contributed by atoms with Gasteiger partial charge in [0.25, 0.3) is 5.56 Å². The number of aryl methyl sites for hydroxylation is 2. The number of carbonyl (C=O) groups excluding carboxylic acids is 1. The molecule has 0 aliphatic carbocycles. The monoisotopic (exact) mass is 447 g/mol. The first-order chi connectivity index (χ1) is 15.6. The summed E-state index contributed by atoms with van der Waals surface area (Å²) in [5.74, 6) is 0.504. The normalized spacial score (nSPS) is 11.2. The van der Waals surface area contributed by atoms with Gasteiger partial charge in [-0.05, 0) is 36.1 Å². The van der Waals surface area contributed by atoms with Gasteiger partial charge in [0.2, 0.25) is 11.7 Å². The van der Waals surface area contributed by atoms with Gasteiger partial charge in [-0.1, -0.05) is 62.0 Å². The van der Waals surface area contributed by atoms with Crippen LogP contribution in [-0.4, -0.2) is 30.8 Å². The zero-order valence-electron chi connectivity index (χ0n) is 18.2. The van der Waals surface area contributed by atoms with Crippen molar-refractivity contribution in [3.63, 3.8) is 0 Å². The molecule has 4 rings (SSSR count). The minimum Gasteiger partial charge on any atom is -0.325 e. The van der Waals surface area contributed by atoms with Crippen molar-refractivity contribution in [2.75, 3.05) is 11.1 Å². The summed E-state index contributed by atoms with van der Waals surface area (Å²) in [6.07, 6.45) is 3.35. The Balaban J connectivity index is 1.66. The average Bonchev–Trinajstić information content (AvgIpc) is 3.24. The predicted octanol–water partition coefficient (Wildman–Crippen LogP) is 4.09. The Labute approximate surface area is 190 Å². The Kier molecular flexibility index (Phi) is 6.41. The third-order valence-electron chi connectivity index (χ3n) is 5.39. The molecule has 2 heterocycles. The second-order valence-electron chi connectivity index (χ2n) is 7.33. The third-order valence-corrected chi connectivity index (χ3v) is 6.31. The number of carbonyl (C=O) groups is 1. The van der Waals surface area contributed by atoms with Crippen LogP contribution in [0.1, 0.15) is 25.0 Å². The summed E-state index contributed by atoms with van der Waals surface area (Å²) in [4.78, 5) is 25.7. The molecular weight excluding hydrogens is 422 g/mol. The lowest BCUT2D eigenvalue weighted by Crippen LogP contribution is -2.23. The van der Waals surface area contributed by atoms with E-state index >= 15 is 0 Å². The molecule has 4 aromatic rings. The molecule has 0 fully saturated rings. The number of rotatable bonds is 8. The Morgan fingerprint density at radius 2 is 1.81 bits per heavy atom. The largest absolute Gasteiger partial charge is 0.325 e. The van der Waals surface area contributed by atoms with E-state index in [-0.39, 0.29) is 17.2 Å². The predicted molar refractivity (Wildman–Crippen MR) is 130 cm³/mol. The molecule has 0 aliphatic rings. The van der Waals surface area contributed by atoms with E-state index in [2.05, 4.69) is 35.9 Å². The zero-order chi connectivity index (χ0) is 22.7. The van der Waals surface area contributed by atoms with E-state index in [1.807, 2.05) is 40.8 Å². The molecule has 0 unspecified atom stereocenters. The summed E-state index contributed by atoms with van der Waals surface area (Å²) in [7, 11) is 0. The van der Waals surface area contributed by atoms with Gasteiger partial charge in [-0.3, -0.25) is 18.6 Å². The van der Waals surface area contributed by atoms with E-state index in [0.29, 0.717) is 28.4 Å². The number of benzene rings is 2. The summed E-state index contributed by atoms with van der Waals surface area (Å²) in [5, 5.41) is 12.7. The fraction of sp³-hybridized carbons (Fsp3) is 0.250. The van der Waals surface area contributed by atoms with Crippen LogP contribution in [0.5, 0.6) is 0 Å².